The van der Waals surface area contributed by atoms with E-state index in [1.54, 1.807) is 0 Å². The highest BCUT2D eigenvalue weighted by Gasteiger charge is 2.35. The summed E-state index contributed by atoms with van der Waals surface area (Å²) in [6.45, 7) is 1.03. The van der Waals surface area contributed by atoms with Gasteiger partial charge in [-0.15, -0.1) is 11.3 Å². The Hall–Kier alpha value is -2.66. The number of thiazole rings is 1. The Morgan fingerprint density at radius 1 is 1.15 bits per heavy atom. The molecule has 4 heterocycles. The molecule has 0 spiro atoms. The number of aryl methyl sites for hydroxylation is 2. The van der Waals surface area contributed by atoms with E-state index in [2.05, 4.69) is 35.2 Å². The van der Waals surface area contributed by atoms with Crippen LogP contribution in [0.25, 0.3) is 21.2 Å². The average molecular weight is 374 g/mol. The lowest BCUT2D eigenvalue weighted by atomic mass is 9.87. The van der Waals surface area contributed by atoms with Gasteiger partial charge in [0.25, 0.3) is 0 Å². The van der Waals surface area contributed by atoms with Gasteiger partial charge in [-0.25, -0.2) is 9.78 Å². The molecule has 27 heavy (non-hydrogen) atoms. The number of hydrogen-bond donors (Lipinski definition) is 0. The van der Waals surface area contributed by atoms with Gasteiger partial charge in [-0.05, 0) is 55.5 Å². The second-order valence-electron chi connectivity index (χ2n) is 7.41. The second-order valence-corrected chi connectivity index (χ2v) is 8.47. The van der Waals surface area contributed by atoms with Crippen molar-refractivity contribution >= 4 is 38.2 Å². The number of para-hydroxylation sites is 1. The van der Waals surface area contributed by atoms with Crippen molar-refractivity contribution < 1.29 is 4.42 Å². The van der Waals surface area contributed by atoms with E-state index in [0.717, 1.165) is 48.7 Å². The Morgan fingerprint density at radius 3 is 3.00 bits per heavy atom. The number of fused-ring (bicyclic) bond motifs is 3. The van der Waals surface area contributed by atoms with Crippen LogP contribution in [0.4, 0.5) is 5.69 Å². The zero-order chi connectivity index (χ0) is 18.0. The third kappa shape index (κ3) is 2.28. The van der Waals surface area contributed by atoms with Crippen molar-refractivity contribution in [3.8, 4) is 0 Å². The Labute approximate surface area is 160 Å². The fourth-order valence-electron chi connectivity index (χ4n) is 4.70. The van der Waals surface area contributed by atoms with Crippen LogP contribution in [0, 0.1) is 0 Å². The van der Waals surface area contributed by atoms with Gasteiger partial charge in [-0.1, -0.05) is 12.1 Å². The van der Waals surface area contributed by atoms with E-state index in [9.17, 15) is 4.79 Å². The first-order chi connectivity index (χ1) is 13.3. The zero-order valence-corrected chi connectivity index (χ0v) is 15.6. The van der Waals surface area contributed by atoms with Crippen LogP contribution in [-0.4, -0.2) is 11.5 Å². The van der Waals surface area contributed by atoms with E-state index in [1.807, 2.05) is 17.4 Å². The van der Waals surface area contributed by atoms with Gasteiger partial charge in [0.15, 0.2) is 0 Å². The molecule has 4 aromatic rings. The monoisotopic (exact) mass is 374 g/mol. The average Bonchev–Trinajstić information content (AvgIpc) is 3.13. The summed E-state index contributed by atoms with van der Waals surface area (Å²) >= 11 is 1.81. The zero-order valence-electron chi connectivity index (χ0n) is 14.8. The van der Waals surface area contributed by atoms with E-state index in [1.165, 1.54) is 32.6 Å². The molecular formula is C22H18N2O2S. The number of rotatable bonds is 1. The largest absolute Gasteiger partial charge is 0.422 e. The van der Waals surface area contributed by atoms with Crippen LogP contribution in [-0.2, 0) is 12.8 Å². The Morgan fingerprint density at radius 2 is 2.07 bits per heavy atom. The molecule has 1 unspecified atom stereocenters. The van der Waals surface area contributed by atoms with Gasteiger partial charge in [-0.3, -0.25) is 0 Å². The van der Waals surface area contributed by atoms with Crippen LogP contribution < -0.4 is 10.5 Å². The normalized spacial score (nSPS) is 18.8. The summed E-state index contributed by atoms with van der Waals surface area (Å²) in [6.07, 6.45) is 4.16. The summed E-state index contributed by atoms with van der Waals surface area (Å²) in [4.78, 5) is 19.3. The highest BCUT2D eigenvalue weighted by atomic mass is 32.1. The molecule has 0 amide bonds. The van der Waals surface area contributed by atoms with Crippen molar-refractivity contribution in [3.63, 3.8) is 0 Å². The second kappa shape index (κ2) is 5.67. The van der Waals surface area contributed by atoms with Crippen LogP contribution in [0.2, 0.25) is 0 Å². The van der Waals surface area contributed by atoms with Crippen molar-refractivity contribution in [1.82, 2.24) is 4.98 Å². The molecule has 0 N–H and O–H groups in total. The predicted molar refractivity (Wildman–Crippen MR) is 109 cm³/mol. The Kier molecular flexibility index (Phi) is 3.23. The maximum atomic E-state index is 11.8. The fourth-order valence-corrected chi connectivity index (χ4v) is 5.82. The molecule has 6 rings (SSSR count). The number of anilines is 1. The minimum Gasteiger partial charge on any atom is -0.422 e. The first-order valence-corrected chi connectivity index (χ1v) is 10.3. The van der Waals surface area contributed by atoms with Gasteiger partial charge in [0.1, 0.15) is 10.6 Å². The molecule has 2 aliphatic heterocycles. The van der Waals surface area contributed by atoms with Crippen molar-refractivity contribution in [2.75, 3.05) is 11.4 Å². The van der Waals surface area contributed by atoms with Crippen LogP contribution in [0.5, 0.6) is 0 Å². The van der Waals surface area contributed by atoms with Gasteiger partial charge in [0.05, 0.1) is 16.3 Å². The Bertz CT molecular complexity index is 1220. The van der Waals surface area contributed by atoms with E-state index in [4.69, 9.17) is 9.40 Å². The van der Waals surface area contributed by atoms with Crippen molar-refractivity contribution in [1.29, 1.82) is 0 Å². The lowest BCUT2D eigenvalue weighted by molar-refractivity contribution is 0.508. The smallest absolute Gasteiger partial charge is 0.336 e. The number of aromatic nitrogens is 1. The first-order valence-electron chi connectivity index (χ1n) is 9.49. The first kappa shape index (κ1) is 15.4. The molecule has 0 saturated heterocycles. The SMILES string of the molecule is O=c1ccc2cc3c4c(c2o1)CCC(c1nc2ccccc2s1)N4CCC3. The summed E-state index contributed by atoms with van der Waals surface area (Å²) in [7, 11) is 0. The van der Waals surface area contributed by atoms with Crippen molar-refractivity contribution in [2.45, 2.75) is 31.7 Å². The molecule has 2 aromatic heterocycles. The molecule has 2 aromatic carbocycles. The van der Waals surface area contributed by atoms with Crippen LogP contribution in [0.3, 0.4) is 0 Å². The molecule has 0 radical (unpaired) electrons. The summed E-state index contributed by atoms with van der Waals surface area (Å²) in [5.41, 5.74) is 5.47. The van der Waals surface area contributed by atoms with Crippen molar-refractivity contribution in [3.05, 3.63) is 69.0 Å². The van der Waals surface area contributed by atoms with Gasteiger partial charge in [0, 0.05) is 29.2 Å². The van der Waals surface area contributed by atoms with Crippen LogP contribution in [0.1, 0.15) is 35.0 Å². The fraction of sp³-hybridized carbons (Fsp3) is 0.273. The number of hydrogen-bond acceptors (Lipinski definition) is 5. The van der Waals surface area contributed by atoms with E-state index in [0.29, 0.717) is 6.04 Å². The maximum absolute atomic E-state index is 11.8. The van der Waals surface area contributed by atoms with E-state index >= 15 is 0 Å². The van der Waals surface area contributed by atoms with E-state index < -0.39 is 0 Å². The lowest BCUT2D eigenvalue weighted by Gasteiger charge is -2.42. The van der Waals surface area contributed by atoms with Gasteiger partial charge in [-0.2, -0.15) is 0 Å². The number of benzene rings is 2. The van der Waals surface area contributed by atoms with Crippen LogP contribution >= 0.6 is 11.3 Å². The minimum atomic E-state index is -0.269. The lowest BCUT2D eigenvalue weighted by Crippen LogP contribution is -2.37. The highest BCUT2D eigenvalue weighted by Crippen LogP contribution is 2.47. The maximum Gasteiger partial charge on any atom is 0.336 e. The molecular weight excluding hydrogens is 356 g/mol. The van der Waals surface area contributed by atoms with Gasteiger partial charge < -0.3 is 9.32 Å². The van der Waals surface area contributed by atoms with Gasteiger partial charge >= 0.3 is 5.63 Å². The molecule has 134 valence electrons. The van der Waals surface area contributed by atoms with Crippen molar-refractivity contribution in [2.24, 2.45) is 0 Å². The quantitative estimate of drug-likeness (QED) is 0.447. The minimum absolute atomic E-state index is 0.269. The third-order valence-electron chi connectivity index (χ3n) is 5.83. The molecule has 2 aliphatic rings. The molecule has 0 saturated carbocycles. The number of nitrogens with zero attached hydrogens (tertiary/aromatic N) is 2. The molecule has 4 nitrogen and oxygen atoms in total. The molecule has 0 fully saturated rings. The summed E-state index contributed by atoms with van der Waals surface area (Å²) in [6, 6.07) is 14.3. The molecule has 1 atom stereocenters. The molecule has 0 bridgehead atoms. The van der Waals surface area contributed by atoms with E-state index in [-0.39, 0.29) is 5.63 Å². The summed E-state index contributed by atoms with van der Waals surface area (Å²) in [5, 5.41) is 2.24. The van der Waals surface area contributed by atoms with Crippen LogP contribution in [0.15, 0.2) is 51.7 Å². The third-order valence-corrected chi connectivity index (χ3v) is 6.97. The standard InChI is InChI=1S/C22H18N2O2S/c25-19-10-7-14-12-13-4-3-11-24-17(9-8-15(20(13)24)21(14)26-19)22-23-16-5-1-2-6-18(16)27-22/h1-2,5-7,10,12,17H,3-4,8-9,11H2. The molecule has 5 heteroatoms. The summed E-state index contributed by atoms with van der Waals surface area (Å²) < 4.78 is 6.88. The molecule has 0 aliphatic carbocycles. The Balaban J connectivity index is 1.55. The van der Waals surface area contributed by atoms with Gasteiger partial charge in [0.2, 0.25) is 0 Å². The topological polar surface area (TPSA) is 46.3 Å². The predicted octanol–water partition coefficient (Wildman–Crippen LogP) is 4.84. The highest BCUT2D eigenvalue weighted by molar-refractivity contribution is 7.18. The summed E-state index contributed by atoms with van der Waals surface area (Å²) in [5.74, 6) is 0.